The van der Waals surface area contributed by atoms with E-state index in [9.17, 15) is 0 Å². The third-order valence-electron chi connectivity index (χ3n) is 2.59. The van der Waals surface area contributed by atoms with Crippen LogP contribution in [0, 0.1) is 6.92 Å². The molecule has 0 saturated heterocycles. The molecule has 0 aliphatic rings. The Balaban J connectivity index is 2.17. The number of hydrogen-bond acceptors (Lipinski definition) is 3. The van der Waals surface area contributed by atoms with E-state index in [1.807, 2.05) is 24.0 Å². The predicted octanol–water partition coefficient (Wildman–Crippen LogP) is 1.60. The Labute approximate surface area is 94.9 Å². The maximum Gasteiger partial charge on any atom is 0.124 e. The lowest BCUT2D eigenvalue weighted by Crippen LogP contribution is -2.06. The zero-order valence-corrected chi connectivity index (χ0v) is 9.88. The Kier molecular flexibility index (Phi) is 2.68. The average Bonchev–Trinajstić information content (AvgIpc) is 2.81. The molecular formula is C11H17N5. The van der Waals surface area contributed by atoms with Crippen LogP contribution in [-0.2, 0) is 6.54 Å². The van der Waals surface area contributed by atoms with Crippen molar-refractivity contribution in [1.29, 1.82) is 0 Å². The summed E-state index contributed by atoms with van der Waals surface area (Å²) in [5.41, 5.74) is 8.02. The number of rotatable bonds is 3. The number of nitrogen functional groups attached to an aromatic ring is 1. The average molecular weight is 219 g/mol. The van der Waals surface area contributed by atoms with Gasteiger partial charge in [-0.15, -0.1) is 0 Å². The van der Waals surface area contributed by atoms with Crippen molar-refractivity contribution in [3.63, 3.8) is 0 Å². The van der Waals surface area contributed by atoms with E-state index in [1.165, 1.54) is 0 Å². The molecule has 5 heteroatoms. The van der Waals surface area contributed by atoms with E-state index in [1.54, 1.807) is 10.9 Å². The molecular weight excluding hydrogens is 202 g/mol. The van der Waals surface area contributed by atoms with E-state index in [-0.39, 0.29) is 0 Å². The molecule has 0 unspecified atom stereocenters. The highest BCUT2D eigenvalue weighted by Gasteiger charge is 2.06. The Hall–Kier alpha value is -1.78. The fraction of sp³-hybridized carbons (Fsp3) is 0.455. The van der Waals surface area contributed by atoms with Crippen LogP contribution >= 0.6 is 0 Å². The molecule has 5 nitrogen and oxygen atoms in total. The molecule has 0 spiro atoms. The lowest BCUT2D eigenvalue weighted by molar-refractivity contribution is 0.531. The normalized spacial score (nSPS) is 11.2. The second-order valence-electron chi connectivity index (χ2n) is 4.29. The molecule has 0 saturated carbocycles. The molecule has 0 aliphatic heterocycles. The Morgan fingerprint density at radius 1 is 1.31 bits per heavy atom. The van der Waals surface area contributed by atoms with Crippen molar-refractivity contribution in [2.45, 2.75) is 33.4 Å². The molecule has 0 amide bonds. The molecule has 2 rings (SSSR count). The first-order chi connectivity index (χ1) is 7.58. The van der Waals surface area contributed by atoms with Gasteiger partial charge in [0.1, 0.15) is 5.82 Å². The van der Waals surface area contributed by atoms with Crippen molar-refractivity contribution in [1.82, 2.24) is 19.6 Å². The molecule has 0 fully saturated rings. The molecule has 16 heavy (non-hydrogen) atoms. The summed E-state index contributed by atoms with van der Waals surface area (Å²) in [6, 6.07) is 0.380. The van der Waals surface area contributed by atoms with Gasteiger partial charge in [-0.2, -0.15) is 10.2 Å². The van der Waals surface area contributed by atoms with Crippen molar-refractivity contribution in [3.05, 3.63) is 29.7 Å². The number of aromatic nitrogens is 4. The summed E-state index contributed by atoms with van der Waals surface area (Å²) < 4.78 is 3.72. The van der Waals surface area contributed by atoms with Gasteiger partial charge in [0.2, 0.25) is 0 Å². The van der Waals surface area contributed by atoms with Gasteiger partial charge in [0.15, 0.2) is 0 Å². The topological polar surface area (TPSA) is 61.7 Å². The number of aryl methyl sites for hydroxylation is 1. The number of anilines is 1. The number of nitrogens with zero attached hydrogens (tertiary/aromatic N) is 4. The predicted molar refractivity (Wildman–Crippen MR) is 63.1 cm³/mol. The first-order valence-electron chi connectivity index (χ1n) is 5.39. The summed E-state index contributed by atoms with van der Waals surface area (Å²) in [5.74, 6) is 0.720. The van der Waals surface area contributed by atoms with Crippen molar-refractivity contribution in [2.75, 3.05) is 5.73 Å². The van der Waals surface area contributed by atoms with Crippen LogP contribution in [0.2, 0.25) is 0 Å². The molecule has 2 aromatic heterocycles. The van der Waals surface area contributed by atoms with Crippen molar-refractivity contribution >= 4 is 5.82 Å². The molecule has 0 aromatic carbocycles. The van der Waals surface area contributed by atoms with E-state index < -0.39 is 0 Å². The van der Waals surface area contributed by atoms with Crippen LogP contribution in [0.4, 0.5) is 5.82 Å². The smallest absolute Gasteiger partial charge is 0.124 e. The van der Waals surface area contributed by atoms with Gasteiger partial charge in [0.25, 0.3) is 0 Å². The fourth-order valence-electron chi connectivity index (χ4n) is 1.53. The van der Waals surface area contributed by atoms with Gasteiger partial charge in [-0.05, 0) is 20.8 Å². The lowest BCUT2D eigenvalue weighted by Gasteiger charge is -2.04. The van der Waals surface area contributed by atoms with Gasteiger partial charge in [-0.25, -0.2) is 4.68 Å². The fourth-order valence-corrected chi connectivity index (χ4v) is 1.53. The molecule has 0 bridgehead atoms. The Morgan fingerprint density at radius 3 is 2.56 bits per heavy atom. The molecule has 86 valence electrons. The first kappa shape index (κ1) is 10.7. The summed E-state index contributed by atoms with van der Waals surface area (Å²) in [6.07, 6.45) is 5.67. The summed E-state index contributed by atoms with van der Waals surface area (Å²) in [7, 11) is 0. The van der Waals surface area contributed by atoms with Gasteiger partial charge in [0, 0.05) is 23.4 Å². The lowest BCUT2D eigenvalue weighted by atomic mass is 10.3. The summed E-state index contributed by atoms with van der Waals surface area (Å²) in [4.78, 5) is 0. The summed E-state index contributed by atoms with van der Waals surface area (Å²) in [6.45, 7) is 6.83. The van der Waals surface area contributed by atoms with Crippen molar-refractivity contribution < 1.29 is 0 Å². The third-order valence-corrected chi connectivity index (χ3v) is 2.59. The van der Waals surface area contributed by atoms with Gasteiger partial charge in [-0.3, -0.25) is 4.68 Å². The Bertz CT molecular complexity index is 480. The van der Waals surface area contributed by atoms with Crippen LogP contribution in [-0.4, -0.2) is 19.6 Å². The molecule has 2 aromatic rings. The van der Waals surface area contributed by atoms with Crippen LogP contribution in [0.15, 0.2) is 18.6 Å². The minimum absolute atomic E-state index is 0.380. The first-order valence-corrected chi connectivity index (χ1v) is 5.39. The number of nitrogens with two attached hydrogens (primary N) is 1. The number of hydrogen-bond donors (Lipinski definition) is 1. The van der Waals surface area contributed by atoms with Gasteiger partial charge in [-0.1, -0.05) is 0 Å². The SMILES string of the molecule is Cc1cnn(Cc2cnn(C(C)C)c2)c1N. The van der Waals surface area contributed by atoms with Crippen LogP contribution in [0.25, 0.3) is 0 Å². The monoisotopic (exact) mass is 219 g/mol. The zero-order chi connectivity index (χ0) is 11.7. The van der Waals surface area contributed by atoms with Gasteiger partial charge >= 0.3 is 0 Å². The molecule has 0 aliphatic carbocycles. The molecule has 0 radical (unpaired) electrons. The van der Waals surface area contributed by atoms with Crippen LogP contribution < -0.4 is 5.73 Å². The highest BCUT2D eigenvalue weighted by atomic mass is 15.3. The summed E-state index contributed by atoms with van der Waals surface area (Å²) >= 11 is 0. The van der Waals surface area contributed by atoms with Crippen molar-refractivity contribution in [3.8, 4) is 0 Å². The molecule has 2 heterocycles. The second kappa shape index (κ2) is 4.00. The third kappa shape index (κ3) is 1.93. The highest BCUT2D eigenvalue weighted by Crippen LogP contribution is 2.12. The minimum atomic E-state index is 0.380. The summed E-state index contributed by atoms with van der Waals surface area (Å²) in [5, 5.41) is 8.50. The van der Waals surface area contributed by atoms with E-state index in [0.717, 1.165) is 16.9 Å². The molecule has 2 N–H and O–H groups in total. The maximum atomic E-state index is 5.89. The highest BCUT2D eigenvalue weighted by molar-refractivity contribution is 5.37. The van der Waals surface area contributed by atoms with E-state index in [4.69, 9.17) is 5.73 Å². The standard InChI is InChI=1S/C11H17N5/c1-8(2)15-6-10(5-14-15)7-16-11(12)9(3)4-13-16/h4-6,8H,7,12H2,1-3H3. The zero-order valence-electron chi connectivity index (χ0n) is 9.88. The molecule has 0 atom stereocenters. The van der Waals surface area contributed by atoms with Crippen LogP contribution in [0.1, 0.15) is 31.0 Å². The van der Waals surface area contributed by atoms with E-state index >= 15 is 0 Å². The van der Waals surface area contributed by atoms with Gasteiger partial charge in [0.05, 0.1) is 18.9 Å². The quantitative estimate of drug-likeness (QED) is 0.852. The van der Waals surface area contributed by atoms with E-state index in [2.05, 4.69) is 24.0 Å². The van der Waals surface area contributed by atoms with Gasteiger partial charge < -0.3 is 5.73 Å². The van der Waals surface area contributed by atoms with Crippen LogP contribution in [0.3, 0.4) is 0 Å². The minimum Gasteiger partial charge on any atom is -0.384 e. The largest absolute Gasteiger partial charge is 0.384 e. The Morgan fingerprint density at radius 2 is 2.06 bits per heavy atom. The maximum absolute atomic E-state index is 5.89. The van der Waals surface area contributed by atoms with Crippen molar-refractivity contribution in [2.24, 2.45) is 0 Å². The van der Waals surface area contributed by atoms with E-state index in [0.29, 0.717) is 12.6 Å². The second-order valence-corrected chi connectivity index (χ2v) is 4.29. The van der Waals surface area contributed by atoms with Crippen LogP contribution in [0.5, 0.6) is 0 Å².